The Bertz CT molecular complexity index is 2030. The number of hydrogen-bond acceptors (Lipinski definition) is 8. The van der Waals surface area contributed by atoms with Gasteiger partial charge in [-0.25, -0.2) is 0 Å². The number of rotatable bonds is 12. The number of fused-ring (bicyclic) bond motifs is 2. The summed E-state index contributed by atoms with van der Waals surface area (Å²) >= 11 is 0. The zero-order chi connectivity index (χ0) is 39.3. The first-order chi connectivity index (χ1) is 27.2. The summed E-state index contributed by atoms with van der Waals surface area (Å²) in [6.45, 7) is 1.91. The van der Waals surface area contributed by atoms with Crippen LogP contribution < -0.4 is 29.6 Å². The average Bonchev–Trinajstić information content (AvgIpc) is 3.23. The van der Waals surface area contributed by atoms with E-state index in [1.807, 2.05) is 24.3 Å². The fraction of sp³-hybridized carbons (Fsp3) is 0.304. The molecule has 0 spiro atoms. The highest BCUT2D eigenvalue weighted by molar-refractivity contribution is 6.07. The summed E-state index contributed by atoms with van der Waals surface area (Å²) in [5, 5.41) is 5.98. The first-order valence-corrected chi connectivity index (χ1v) is 19.0. The van der Waals surface area contributed by atoms with Crippen molar-refractivity contribution in [1.82, 2.24) is 9.80 Å². The lowest BCUT2D eigenvalue weighted by Gasteiger charge is -2.35. The van der Waals surface area contributed by atoms with Gasteiger partial charge in [0.25, 0.3) is 11.8 Å². The van der Waals surface area contributed by atoms with Crippen molar-refractivity contribution in [3.63, 3.8) is 0 Å². The van der Waals surface area contributed by atoms with E-state index < -0.39 is 0 Å². The molecule has 7 rings (SSSR count). The van der Waals surface area contributed by atoms with E-state index in [0.717, 1.165) is 72.9 Å². The Morgan fingerprint density at radius 2 is 0.875 bits per heavy atom. The average molecular weight is 755 g/mol. The molecule has 2 N–H and O–H groups in total. The van der Waals surface area contributed by atoms with Crippen molar-refractivity contribution in [2.24, 2.45) is 0 Å². The number of methoxy groups -OCH3 is 4. The Morgan fingerprint density at radius 1 is 0.536 bits per heavy atom. The lowest BCUT2D eigenvalue weighted by molar-refractivity contribution is 0.101. The van der Waals surface area contributed by atoms with E-state index in [-0.39, 0.29) is 23.9 Å². The quantitative estimate of drug-likeness (QED) is 0.133. The van der Waals surface area contributed by atoms with Crippen LogP contribution >= 0.6 is 0 Å². The van der Waals surface area contributed by atoms with E-state index in [1.165, 1.54) is 22.3 Å². The third kappa shape index (κ3) is 8.22. The molecule has 0 radical (unpaired) electrons. The summed E-state index contributed by atoms with van der Waals surface area (Å²) in [5.74, 6) is 2.49. The van der Waals surface area contributed by atoms with Gasteiger partial charge >= 0.3 is 0 Å². The van der Waals surface area contributed by atoms with Gasteiger partial charge in [0.15, 0.2) is 23.0 Å². The summed E-state index contributed by atoms with van der Waals surface area (Å²) in [6.07, 6.45) is 3.55. The molecule has 2 amide bonds. The van der Waals surface area contributed by atoms with Crippen molar-refractivity contribution >= 4 is 23.2 Å². The summed E-state index contributed by atoms with van der Waals surface area (Å²) in [4.78, 5) is 31.0. The Hall–Kier alpha value is -5.84. The van der Waals surface area contributed by atoms with Crippen molar-refractivity contribution in [2.75, 3.05) is 66.3 Å². The van der Waals surface area contributed by atoms with E-state index in [2.05, 4.69) is 83.1 Å². The molecule has 5 aromatic carbocycles. The van der Waals surface area contributed by atoms with Crippen molar-refractivity contribution < 1.29 is 28.5 Å². The maximum absolute atomic E-state index is 13.1. The molecule has 10 nitrogen and oxygen atoms in total. The highest BCUT2D eigenvalue weighted by atomic mass is 16.5. The Kier molecular flexibility index (Phi) is 11.6. The predicted molar refractivity (Wildman–Crippen MR) is 220 cm³/mol. The summed E-state index contributed by atoms with van der Waals surface area (Å²) in [7, 11) is 11.0. The fourth-order valence-electron chi connectivity index (χ4n) is 7.91. The zero-order valence-electron chi connectivity index (χ0n) is 33.0. The monoisotopic (exact) mass is 754 g/mol. The van der Waals surface area contributed by atoms with Gasteiger partial charge in [0.2, 0.25) is 0 Å². The predicted octanol–water partition coefficient (Wildman–Crippen LogP) is 7.77. The molecule has 2 aliphatic heterocycles. The van der Waals surface area contributed by atoms with Gasteiger partial charge in [0, 0.05) is 47.7 Å². The van der Waals surface area contributed by atoms with Gasteiger partial charge in [-0.2, -0.15) is 0 Å². The van der Waals surface area contributed by atoms with E-state index >= 15 is 0 Å². The number of carbonyl (C=O) groups excluding carboxylic acids is 2. The van der Waals surface area contributed by atoms with Gasteiger partial charge in [0.05, 0.1) is 28.4 Å². The van der Waals surface area contributed by atoms with Gasteiger partial charge in [0.1, 0.15) is 0 Å². The van der Waals surface area contributed by atoms with E-state index in [1.54, 1.807) is 52.7 Å². The highest BCUT2D eigenvalue weighted by Crippen LogP contribution is 2.40. The van der Waals surface area contributed by atoms with Crippen LogP contribution in [0.4, 0.5) is 11.4 Å². The SMILES string of the molecule is COc1cc2c(cc1OC)C(Cc1ccc(NC(=O)c3ccc(C(=O)Nc4ccc(CC5c6cc(OC)c(OC)cc6CCN5C)cc4)cc3)cc1)N(C)CC2. The summed E-state index contributed by atoms with van der Waals surface area (Å²) < 4.78 is 22.3. The zero-order valence-corrected chi connectivity index (χ0v) is 33.0. The molecule has 5 aromatic rings. The van der Waals surface area contributed by atoms with E-state index in [9.17, 15) is 9.59 Å². The van der Waals surface area contributed by atoms with Gasteiger partial charge in [-0.15, -0.1) is 0 Å². The maximum Gasteiger partial charge on any atom is 0.255 e. The lowest BCUT2D eigenvalue weighted by atomic mass is 9.88. The van der Waals surface area contributed by atoms with Crippen LogP contribution in [0.5, 0.6) is 23.0 Å². The van der Waals surface area contributed by atoms with Crippen LogP contribution in [-0.4, -0.2) is 77.2 Å². The van der Waals surface area contributed by atoms with Crippen LogP contribution in [0.1, 0.15) is 66.2 Å². The second-order valence-electron chi connectivity index (χ2n) is 14.6. The van der Waals surface area contributed by atoms with Crippen molar-refractivity contribution in [3.05, 3.63) is 142 Å². The Labute approximate surface area is 329 Å². The molecule has 56 heavy (non-hydrogen) atoms. The number of nitrogens with one attached hydrogen (secondary N) is 2. The molecule has 2 heterocycles. The van der Waals surface area contributed by atoms with E-state index in [0.29, 0.717) is 22.5 Å². The van der Waals surface area contributed by atoms with Gasteiger partial charge in [-0.1, -0.05) is 24.3 Å². The van der Waals surface area contributed by atoms with Crippen molar-refractivity contribution in [2.45, 2.75) is 37.8 Å². The second-order valence-corrected chi connectivity index (χ2v) is 14.6. The molecule has 2 atom stereocenters. The molecular weight excluding hydrogens is 705 g/mol. The topological polar surface area (TPSA) is 102 Å². The maximum atomic E-state index is 13.1. The number of hydrogen-bond donors (Lipinski definition) is 2. The molecule has 0 fully saturated rings. The normalized spacial score (nSPS) is 16.6. The van der Waals surface area contributed by atoms with E-state index in [4.69, 9.17) is 18.9 Å². The molecule has 10 heteroatoms. The van der Waals surface area contributed by atoms with Crippen LogP contribution in [0.3, 0.4) is 0 Å². The van der Waals surface area contributed by atoms with Gasteiger partial charge in [-0.05, 0) is 146 Å². The standard InChI is InChI=1S/C46H50N4O6/c1-49-21-19-33-25-41(53-3)43(55-5)27-37(33)39(49)23-29-7-15-35(16-8-29)47-45(51)31-11-13-32(14-12-31)46(52)48-36-17-9-30(10-18-36)24-40-38-28-44(56-6)42(54-4)26-34(38)20-22-50(40)2/h7-18,25-28,39-40H,19-24H2,1-6H3,(H,47,51)(H,48,52). The Balaban J connectivity index is 0.936. The first kappa shape index (κ1) is 38.4. The molecule has 2 unspecified atom stereocenters. The number of amides is 2. The minimum Gasteiger partial charge on any atom is -0.493 e. The van der Waals surface area contributed by atoms with Gasteiger partial charge < -0.3 is 29.6 Å². The Morgan fingerprint density at radius 3 is 1.21 bits per heavy atom. The van der Waals surface area contributed by atoms with Crippen LogP contribution in [0, 0.1) is 0 Å². The fourth-order valence-corrected chi connectivity index (χ4v) is 7.91. The number of anilines is 2. The first-order valence-electron chi connectivity index (χ1n) is 19.0. The van der Waals surface area contributed by atoms with Crippen LogP contribution in [-0.2, 0) is 25.7 Å². The minimum atomic E-state index is -0.244. The minimum absolute atomic E-state index is 0.192. The summed E-state index contributed by atoms with van der Waals surface area (Å²) in [6, 6.07) is 31.4. The van der Waals surface area contributed by atoms with Crippen LogP contribution in [0.15, 0.2) is 97.1 Å². The molecule has 0 saturated carbocycles. The molecule has 0 bridgehead atoms. The third-order valence-electron chi connectivity index (χ3n) is 11.2. The number of likely N-dealkylation sites (N-methyl/N-ethyl adjacent to an activating group) is 2. The molecule has 0 aromatic heterocycles. The van der Waals surface area contributed by atoms with Crippen LogP contribution in [0.25, 0.3) is 0 Å². The number of ether oxygens (including phenoxy) is 4. The number of benzene rings is 5. The largest absolute Gasteiger partial charge is 0.493 e. The highest BCUT2D eigenvalue weighted by Gasteiger charge is 2.28. The molecule has 0 saturated heterocycles. The third-order valence-corrected chi connectivity index (χ3v) is 11.2. The second kappa shape index (κ2) is 16.9. The smallest absolute Gasteiger partial charge is 0.255 e. The molecular formula is C46H50N4O6. The van der Waals surface area contributed by atoms with Crippen LogP contribution in [0.2, 0.25) is 0 Å². The molecule has 2 aliphatic rings. The summed E-state index contributed by atoms with van der Waals surface area (Å²) in [5.41, 5.74) is 9.71. The lowest BCUT2D eigenvalue weighted by Crippen LogP contribution is -2.33. The van der Waals surface area contributed by atoms with Gasteiger partial charge in [-0.3, -0.25) is 19.4 Å². The number of nitrogens with zero attached hydrogens (tertiary/aromatic N) is 2. The molecule has 290 valence electrons. The van der Waals surface area contributed by atoms with Crippen molar-refractivity contribution in [1.29, 1.82) is 0 Å². The number of carbonyl (C=O) groups is 2. The van der Waals surface area contributed by atoms with Crippen molar-refractivity contribution in [3.8, 4) is 23.0 Å². The molecule has 0 aliphatic carbocycles.